The molecule has 0 saturated carbocycles. The molecule has 10 heteroatoms. The number of hydrogen-bond donors (Lipinski definition) is 1. The van der Waals surface area contributed by atoms with Gasteiger partial charge in [0.15, 0.2) is 8.68 Å². The van der Waals surface area contributed by atoms with Crippen LogP contribution in [0, 0.1) is 6.92 Å². The van der Waals surface area contributed by atoms with Crippen LogP contribution in [0.5, 0.6) is 0 Å². The van der Waals surface area contributed by atoms with Gasteiger partial charge in [0, 0.05) is 6.20 Å². The first kappa shape index (κ1) is 13.5. The maximum Gasteiger partial charge on any atom is 0.275 e. The maximum atomic E-state index is 12.0. The van der Waals surface area contributed by atoms with Crippen LogP contribution in [-0.4, -0.2) is 23.4 Å². The Morgan fingerprint density at radius 1 is 1.33 bits per heavy atom. The third-order valence-corrected chi connectivity index (χ3v) is 5.23. The Balaban J connectivity index is 2.36. The SMILES string of the molecule is Cc1nc(Cl)sc1S(=O)(=O)Nc1nccc(Cl)n1. The zero-order valence-electron chi connectivity index (χ0n) is 8.89. The lowest BCUT2D eigenvalue weighted by molar-refractivity contribution is 0.602. The van der Waals surface area contributed by atoms with E-state index in [0.29, 0.717) is 5.69 Å². The van der Waals surface area contributed by atoms with Crippen molar-refractivity contribution in [3.8, 4) is 0 Å². The lowest BCUT2D eigenvalue weighted by Crippen LogP contribution is -2.14. The van der Waals surface area contributed by atoms with E-state index in [4.69, 9.17) is 23.2 Å². The van der Waals surface area contributed by atoms with Crippen molar-refractivity contribution in [1.29, 1.82) is 0 Å². The number of nitrogens with zero attached hydrogens (tertiary/aromatic N) is 3. The fraction of sp³-hybridized carbons (Fsp3) is 0.125. The number of aromatic nitrogens is 3. The minimum atomic E-state index is -3.80. The maximum absolute atomic E-state index is 12.0. The number of thiazole rings is 1. The molecule has 0 atom stereocenters. The zero-order chi connectivity index (χ0) is 13.3. The van der Waals surface area contributed by atoms with Crippen LogP contribution in [0.1, 0.15) is 5.69 Å². The highest BCUT2D eigenvalue weighted by Crippen LogP contribution is 2.27. The monoisotopic (exact) mass is 324 g/mol. The van der Waals surface area contributed by atoms with Crippen LogP contribution in [-0.2, 0) is 10.0 Å². The van der Waals surface area contributed by atoms with Crippen LogP contribution >= 0.6 is 34.5 Å². The predicted octanol–water partition coefficient (Wildman–Crippen LogP) is 2.35. The highest BCUT2D eigenvalue weighted by Gasteiger charge is 2.22. The van der Waals surface area contributed by atoms with Crippen LogP contribution in [0.4, 0.5) is 5.95 Å². The first-order chi connectivity index (χ1) is 8.38. The molecule has 0 amide bonds. The van der Waals surface area contributed by atoms with Crippen LogP contribution in [0.2, 0.25) is 9.62 Å². The highest BCUT2D eigenvalue weighted by atomic mass is 35.5. The summed E-state index contributed by atoms with van der Waals surface area (Å²) in [4.78, 5) is 11.3. The van der Waals surface area contributed by atoms with Gasteiger partial charge >= 0.3 is 0 Å². The van der Waals surface area contributed by atoms with Crippen molar-refractivity contribution in [2.75, 3.05) is 4.72 Å². The second-order valence-electron chi connectivity index (χ2n) is 3.15. The van der Waals surface area contributed by atoms with Crippen molar-refractivity contribution in [3.63, 3.8) is 0 Å². The molecule has 0 aromatic carbocycles. The number of halogens is 2. The van der Waals surface area contributed by atoms with Gasteiger partial charge in [0.05, 0.1) is 5.69 Å². The van der Waals surface area contributed by atoms with E-state index in [-0.39, 0.29) is 19.8 Å². The van der Waals surface area contributed by atoms with Gasteiger partial charge in [-0.05, 0) is 13.0 Å². The average molecular weight is 325 g/mol. The summed E-state index contributed by atoms with van der Waals surface area (Å²) in [7, 11) is -3.80. The minimum absolute atomic E-state index is 0.0241. The van der Waals surface area contributed by atoms with Crippen LogP contribution in [0.25, 0.3) is 0 Å². The van der Waals surface area contributed by atoms with E-state index in [1.165, 1.54) is 12.3 Å². The molecule has 2 aromatic heterocycles. The summed E-state index contributed by atoms with van der Waals surface area (Å²) in [6.45, 7) is 1.55. The quantitative estimate of drug-likeness (QED) is 0.876. The highest BCUT2D eigenvalue weighted by molar-refractivity contribution is 7.94. The molecule has 0 unspecified atom stereocenters. The molecule has 18 heavy (non-hydrogen) atoms. The van der Waals surface area contributed by atoms with Crippen molar-refractivity contribution < 1.29 is 8.42 Å². The van der Waals surface area contributed by atoms with Gasteiger partial charge in [-0.1, -0.05) is 34.5 Å². The van der Waals surface area contributed by atoms with Crippen molar-refractivity contribution in [1.82, 2.24) is 15.0 Å². The van der Waals surface area contributed by atoms with Gasteiger partial charge in [-0.3, -0.25) is 0 Å². The number of anilines is 1. The molecule has 0 fully saturated rings. The summed E-state index contributed by atoms with van der Waals surface area (Å²) >= 11 is 12.2. The molecule has 0 aliphatic rings. The standard InChI is InChI=1S/C8H6Cl2N4O2S2/c1-4-6(17-7(10)12-4)18(15,16)14-8-11-3-2-5(9)13-8/h2-3H,1H3,(H,11,13,14). The van der Waals surface area contributed by atoms with E-state index < -0.39 is 10.0 Å². The van der Waals surface area contributed by atoms with Crippen molar-refractivity contribution in [2.24, 2.45) is 0 Å². The van der Waals surface area contributed by atoms with E-state index in [2.05, 4.69) is 19.7 Å². The predicted molar refractivity (Wildman–Crippen MR) is 69.7 cm³/mol. The molecular weight excluding hydrogens is 319 g/mol. The lowest BCUT2D eigenvalue weighted by Gasteiger charge is -2.04. The smallest absolute Gasteiger partial charge is 0.246 e. The van der Waals surface area contributed by atoms with Crippen molar-refractivity contribution in [3.05, 3.63) is 27.6 Å². The molecule has 6 nitrogen and oxygen atoms in total. The summed E-state index contributed by atoms with van der Waals surface area (Å²) in [5.41, 5.74) is 0.319. The second-order valence-corrected chi connectivity index (χ2v) is 6.99. The molecule has 0 aliphatic heterocycles. The molecule has 2 aromatic rings. The van der Waals surface area contributed by atoms with Crippen LogP contribution in [0.3, 0.4) is 0 Å². The Hall–Kier alpha value is -0.960. The number of nitrogens with one attached hydrogen (secondary N) is 1. The molecule has 1 N–H and O–H groups in total. The Morgan fingerprint density at radius 2 is 2.06 bits per heavy atom. The Morgan fingerprint density at radius 3 is 2.61 bits per heavy atom. The first-order valence-electron chi connectivity index (χ1n) is 4.53. The van der Waals surface area contributed by atoms with Crippen LogP contribution in [0.15, 0.2) is 16.5 Å². The van der Waals surface area contributed by atoms with Gasteiger partial charge < -0.3 is 0 Å². The Bertz CT molecular complexity index is 686. The number of rotatable bonds is 3. The topological polar surface area (TPSA) is 84.8 Å². The van der Waals surface area contributed by atoms with Gasteiger partial charge in [0.2, 0.25) is 5.95 Å². The van der Waals surface area contributed by atoms with Gasteiger partial charge in [-0.15, -0.1) is 0 Å². The molecule has 0 bridgehead atoms. The first-order valence-corrected chi connectivity index (χ1v) is 7.58. The third kappa shape index (κ3) is 2.89. The Kier molecular flexibility index (Phi) is 3.71. The summed E-state index contributed by atoms with van der Waals surface area (Å²) in [5, 5.41) is 0.141. The number of hydrogen-bond acceptors (Lipinski definition) is 6. The second kappa shape index (κ2) is 4.96. The average Bonchev–Trinajstić information content (AvgIpc) is 2.58. The molecule has 96 valence electrons. The van der Waals surface area contributed by atoms with Gasteiger partial charge in [0.25, 0.3) is 10.0 Å². The summed E-state index contributed by atoms with van der Waals surface area (Å²) in [6.07, 6.45) is 1.35. The number of sulfonamides is 1. The molecule has 0 aliphatic carbocycles. The summed E-state index contributed by atoms with van der Waals surface area (Å²) in [5.74, 6) is -0.105. The van der Waals surface area contributed by atoms with E-state index >= 15 is 0 Å². The minimum Gasteiger partial charge on any atom is -0.246 e. The number of aryl methyl sites for hydroxylation is 1. The lowest BCUT2D eigenvalue weighted by atomic mass is 10.6. The summed E-state index contributed by atoms with van der Waals surface area (Å²) < 4.78 is 26.4. The fourth-order valence-corrected chi connectivity index (χ4v) is 3.98. The normalized spacial score (nSPS) is 11.5. The molecule has 2 heterocycles. The van der Waals surface area contributed by atoms with Crippen molar-refractivity contribution >= 4 is 50.5 Å². The third-order valence-electron chi connectivity index (χ3n) is 1.82. The fourth-order valence-electron chi connectivity index (χ4n) is 1.15. The van der Waals surface area contributed by atoms with E-state index in [1.807, 2.05) is 0 Å². The van der Waals surface area contributed by atoms with E-state index in [0.717, 1.165) is 11.3 Å². The molecule has 0 radical (unpaired) electrons. The zero-order valence-corrected chi connectivity index (χ0v) is 12.0. The van der Waals surface area contributed by atoms with Gasteiger partial charge in [0.1, 0.15) is 5.15 Å². The molecule has 2 rings (SSSR count). The van der Waals surface area contributed by atoms with Crippen molar-refractivity contribution in [2.45, 2.75) is 11.1 Å². The van der Waals surface area contributed by atoms with E-state index in [9.17, 15) is 8.42 Å². The van der Waals surface area contributed by atoms with Gasteiger partial charge in [-0.25, -0.2) is 28.1 Å². The van der Waals surface area contributed by atoms with E-state index in [1.54, 1.807) is 6.92 Å². The Labute approximate surface area is 117 Å². The molecular formula is C8H6Cl2N4O2S2. The molecule has 0 saturated heterocycles. The van der Waals surface area contributed by atoms with Crippen LogP contribution < -0.4 is 4.72 Å². The summed E-state index contributed by atoms with van der Waals surface area (Å²) in [6, 6.07) is 1.44. The van der Waals surface area contributed by atoms with Gasteiger partial charge in [-0.2, -0.15) is 0 Å². The molecule has 0 spiro atoms. The largest absolute Gasteiger partial charge is 0.275 e.